The molecule has 0 saturated heterocycles. The molecule has 0 unspecified atom stereocenters. The van der Waals surface area contributed by atoms with E-state index in [2.05, 4.69) is 4.98 Å². The Balaban J connectivity index is 1.77. The van der Waals surface area contributed by atoms with E-state index >= 15 is 0 Å². The summed E-state index contributed by atoms with van der Waals surface area (Å²) in [5.41, 5.74) is 2.77. The van der Waals surface area contributed by atoms with Crippen LogP contribution in [-0.4, -0.2) is 43.0 Å². The molecule has 1 atom stereocenters. The van der Waals surface area contributed by atoms with Gasteiger partial charge in [0.15, 0.2) is 17.3 Å². The number of methoxy groups -OCH3 is 2. The first kappa shape index (κ1) is 18.0. The fourth-order valence-electron chi connectivity index (χ4n) is 3.10. The first-order valence-electron chi connectivity index (χ1n) is 8.56. The van der Waals surface area contributed by atoms with E-state index in [-0.39, 0.29) is 11.8 Å². The molecule has 136 valence electrons. The molecule has 1 heterocycles. The van der Waals surface area contributed by atoms with Crippen molar-refractivity contribution in [2.75, 3.05) is 21.3 Å². The van der Waals surface area contributed by atoms with Gasteiger partial charge in [0, 0.05) is 29.2 Å². The number of nitrogens with zero attached hydrogens (tertiary/aromatic N) is 1. The molecule has 0 radical (unpaired) electrons. The molecule has 0 amide bonds. The average molecular weight is 352 g/mol. The minimum atomic E-state index is -0.248. The van der Waals surface area contributed by atoms with Crippen molar-refractivity contribution in [1.82, 2.24) is 9.88 Å². The minimum absolute atomic E-state index is 0.102. The molecule has 0 bridgehead atoms. The highest BCUT2D eigenvalue weighted by molar-refractivity contribution is 6.10. The number of Topliss-reactive ketones (excluding diaryl/α,β-unsaturated/α-hetero) is 1. The zero-order valence-corrected chi connectivity index (χ0v) is 15.6. The Morgan fingerprint density at radius 1 is 1.12 bits per heavy atom. The van der Waals surface area contributed by atoms with Gasteiger partial charge in [-0.25, -0.2) is 0 Å². The molecule has 0 spiro atoms. The predicted octanol–water partition coefficient (Wildman–Crippen LogP) is 3.89. The number of hydrogen-bond acceptors (Lipinski definition) is 4. The number of ketones is 1. The fraction of sp³-hybridized carbons (Fsp3) is 0.286. The maximum absolute atomic E-state index is 13.0. The van der Waals surface area contributed by atoms with Crippen LogP contribution in [0.2, 0.25) is 0 Å². The zero-order valence-electron chi connectivity index (χ0n) is 15.6. The number of nitrogens with one attached hydrogen (secondary N) is 1. The van der Waals surface area contributed by atoms with Crippen molar-refractivity contribution in [3.05, 3.63) is 59.8 Å². The molecule has 26 heavy (non-hydrogen) atoms. The van der Waals surface area contributed by atoms with Crippen LogP contribution in [0.4, 0.5) is 0 Å². The van der Waals surface area contributed by atoms with E-state index < -0.39 is 0 Å². The Labute approximate surface area is 153 Å². The number of hydrogen-bond donors (Lipinski definition) is 1. The average Bonchev–Trinajstić information content (AvgIpc) is 3.10. The summed E-state index contributed by atoms with van der Waals surface area (Å²) in [6.07, 6.45) is 1.80. The number of carbonyl (C=O) groups is 1. The van der Waals surface area contributed by atoms with E-state index in [0.29, 0.717) is 18.0 Å². The Hall–Kier alpha value is -2.79. The summed E-state index contributed by atoms with van der Waals surface area (Å²) in [5, 5.41) is 0.962. The van der Waals surface area contributed by atoms with Gasteiger partial charge in [0.2, 0.25) is 0 Å². The largest absolute Gasteiger partial charge is 0.493 e. The van der Waals surface area contributed by atoms with Crippen LogP contribution >= 0.6 is 0 Å². The molecule has 0 aliphatic heterocycles. The number of benzene rings is 2. The highest BCUT2D eigenvalue weighted by atomic mass is 16.5. The monoisotopic (exact) mass is 352 g/mol. The number of para-hydroxylation sites is 1. The standard InChI is InChI=1S/C21H24N2O3/c1-14(21(24)17-12-22-18-8-6-5-7-16(17)18)23(2)13-15-9-10-19(25-3)20(11-15)26-4/h5-12,14,22H,13H2,1-4H3/t14-/m0/s1. The van der Waals surface area contributed by atoms with E-state index in [9.17, 15) is 4.79 Å². The van der Waals surface area contributed by atoms with Crippen molar-refractivity contribution in [3.63, 3.8) is 0 Å². The number of aromatic amines is 1. The smallest absolute Gasteiger partial charge is 0.181 e. The van der Waals surface area contributed by atoms with E-state index in [1.54, 1.807) is 20.4 Å². The van der Waals surface area contributed by atoms with Crippen LogP contribution in [0.5, 0.6) is 11.5 Å². The zero-order chi connectivity index (χ0) is 18.7. The third-order valence-electron chi connectivity index (χ3n) is 4.78. The van der Waals surface area contributed by atoms with Crippen LogP contribution in [0.25, 0.3) is 10.9 Å². The van der Waals surface area contributed by atoms with Crippen molar-refractivity contribution in [1.29, 1.82) is 0 Å². The van der Waals surface area contributed by atoms with Gasteiger partial charge in [-0.15, -0.1) is 0 Å². The predicted molar refractivity (Wildman–Crippen MR) is 103 cm³/mol. The number of ether oxygens (including phenoxy) is 2. The molecule has 0 aliphatic rings. The van der Waals surface area contributed by atoms with Gasteiger partial charge in [0.05, 0.1) is 20.3 Å². The van der Waals surface area contributed by atoms with Crippen molar-refractivity contribution in [2.24, 2.45) is 0 Å². The van der Waals surface area contributed by atoms with Gasteiger partial charge in [0.25, 0.3) is 0 Å². The summed E-state index contributed by atoms with van der Waals surface area (Å²) < 4.78 is 10.6. The summed E-state index contributed by atoms with van der Waals surface area (Å²) >= 11 is 0. The molecular weight excluding hydrogens is 328 g/mol. The molecule has 2 aromatic carbocycles. The van der Waals surface area contributed by atoms with Gasteiger partial charge in [-0.05, 0) is 37.7 Å². The van der Waals surface area contributed by atoms with Crippen LogP contribution in [0, 0.1) is 0 Å². The van der Waals surface area contributed by atoms with Gasteiger partial charge < -0.3 is 14.5 Å². The molecule has 1 N–H and O–H groups in total. The van der Waals surface area contributed by atoms with E-state index in [1.165, 1.54) is 0 Å². The summed E-state index contributed by atoms with van der Waals surface area (Å²) in [6, 6.07) is 13.4. The van der Waals surface area contributed by atoms with Gasteiger partial charge >= 0.3 is 0 Å². The third kappa shape index (κ3) is 3.44. The van der Waals surface area contributed by atoms with Crippen LogP contribution in [-0.2, 0) is 6.54 Å². The first-order chi connectivity index (χ1) is 12.5. The second-order valence-corrected chi connectivity index (χ2v) is 6.39. The second-order valence-electron chi connectivity index (χ2n) is 6.39. The van der Waals surface area contributed by atoms with Crippen LogP contribution < -0.4 is 9.47 Å². The van der Waals surface area contributed by atoms with Crippen molar-refractivity contribution in [2.45, 2.75) is 19.5 Å². The van der Waals surface area contributed by atoms with Crippen LogP contribution in [0.3, 0.4) is 0 Å². The summed E-state index contributed by atoms with van der Waals surface area (Å²) in [6.45, 7) is 2.57. The molecular formula is C21H24N2O3. The lowest BCUT2D eigenvalue weighted by Crippen LogP contribution is -2.35. The van der Waals surface area contributed by atoms with Crippen molar-refractivity contribution in [3.8, 4) is 11.5 Å². The normalized spacial score (nSPS) is 12.3. The molecule has 0 saturated carbocycles. The molecule has 5 nitrogen and oxygen atoms in total. The number of likely N-dealkylation sites (N-methyl/N-ethyl adjacent to an activating group) is 1. The maximum atomic E-state index is 13.0. The molecule has 0 fully saturated rings. The highest BCUT2D eigenvalue weighted by Crippen LogP contribution is 2.28. The number of fused-ring (bicyclic) bond motifs is 1. The number of aromatic nitrogens is 1. The molecule has 3 aromatic rings. The molecule has 3 rings (SSSR count). The Bertz CT molecular complexity index is 917. The van der Waals surface area contributed by atoms with Gasteiger partial charge in [-0.1, -0.05) is 24.3 Å². The molecule has 5 heteroatoms. The first-order valence-corrected chi connectivity index (χ1v) is 8.56. The second kappa shape index (κ2) is 7.62. The van der Waals surface area contributed by atoms with Gasteiger partial charge in [-0.2, -0.15) is 0 Å². The quantitative estimate of drug-likeness (QED) is 0.656. The summed E-state index contributed by atoms with van der Waals surface area (Å²) in [7, 11) is 5.19. The number of carbonyl (C=O) groups excluding carboxylic acids is 1. The minimum Gasteiger partial charge on any atom is -0.493 e. The topological polar surface area (TPSA) is 54.6 Å². The highest BCUT2D eigenvalue weighted by Gasteiger charge is 2.22. The third-order valence-corrected chi connectivity index (χ3v) is 4.78. The summed E-state index contributed by atoms with van der Waals surface area (Å²) in [4.78, 5) is 18.2. The van der Waals surface area contributed by atoms with Crippen LogP contribution in [0.1, 0.15) is 22.8 Å². The van der Waals surface area contributed by atoms with Crippen molar-refractivity contribution >= 4 is 16.7 Å². The summed E-state index contributed by atoms with van der Waals surface area (Å²) in [5.74, 6) is 1.49. The number of H-pyrrole nitrogens is 1. The lowest BCUT2D eigenvalue weighted by molar-refractivity contribution is 0.0864. The fourth-order valence-corrected chi connectivity index (χ4v) is 3.10. The van der Waals surface area contributed by atoms with Gasteiger partial charge in [-0.3, -0.25) is 9.69 Å². The lowest BCUT2D eigenvalue weighted by Gasteiger charge is -2.24. The van der Waals surface area contributed by atoms with Crippen LogP contribution in [0.15, 0.2) is 48.7 Å². The Morgan fingerprint density at radius 2 is 1.85 bits per heavy atom. The number of rotatable bonds is 7. The molecule has 0 aliphatic carbocycles. The lowest BCUT2D eigenvalue weighted by atomic mass is 10.0. The SMILES string of the molecule is COc1ccc(CN(C)[C@@H](C)C(=O)c2c[nH]c3ccccc23)cc1OC. The Kier molecular flexibility index (Phi) is 5.28. The Morgan fingerprint density at radius 3 is 2.58 bits per heavy atom. The molecule has 1 aromatic heterocycles. The van der Waals surface area contributed by atoms with E-state index in [4.69, 9.17) is 9.47 Å². The van der Waals surface area contributed by atoms with E-state index in [0.717, 1.165) is 22.0 Å². The van der Waals surface area contributed by atoms with Gasteiger partial charge in [0.1, 0.15) is 0 Å². The van der Waals surface area contributed by atoms with Crippen molar-refractivity contribution < 1.29 is 14.3 Å². The van der Waals surface area contributed by atoms with E-state index in [1.807, 2.05) is 61.3 Å². The maximum Gasteiger partial charge on any atom is 0.181 e.